The molecule has 0 bridgehead atoms. The third-order valence-electron chi connectivity index (χ3n) is 2.02. The largest absolute Gasteiger partial charge is 0.360 e. The smallest absolute Gasteiger partial charge is 0.139 e. The Morgan fingerprint density at radius 1 is 1.21 bits per heavy atom. The molecule has 0 saturated heterocycles. The van der Waals surface area contributed by atoms with E-state index in [0.717, 1.165) is 17.1 Å². The minimum atomic E-state index is 0.361. The first-order chi connectivity index (χ1) is 6.77. The summed E-state index contributed by atoms with van der Waals surface area (Å²) in [5.74, 6) is 1.26. The zero-order chi connectivity index (χ0) is 9.97. The van der Waals surface area contributed by atoms with E-state index < -0.39 is 0 Å². The molecule has 0 fully saturated rings. The second kappa shape index (κ2) is 3.62. The topological polar surface area (TPSA) is 38.9 Å². The van der Waals surface area contributed by atoms with Crippen molar-refractivity contribution in [2.45, 2.75) is 19.8 Å². The Hall–Kier alpha value is -1.64. The molecule has 3 nitrogen and oxygen atoms in total. The summed E-state index contributed by atoms with van der Waals surface area (Å²) in [6.45, 7) is 4.14. The predicted molar refractivity (Wildman–Crippen MR) is 53.8 cm³/mol. The van der Waals surface area contributed by atoms with E-state index in [1.807, 2.05) is 24.3 Å². The van der Waals surface area contributed by atoms with Gasteiger partial charge in [-0.15, -0.1) is 0 Å². The first kappa shape index (κ1) is 8.94. The van der Waals surface area contributed by atoms with Gasteiger partial charge in [0.25, 0.3) is 0 Å². The van der Waals surface area contributed by atoms with Crippen LogP contribution in [0.25, 0.3) is 11.4 Å². The standard InChI is InChI=1S/C11H12N2O/c1-8(2)11-7-10(13-14-11)9-5-3-4-6-12-9/h3-8H,1-2H3. The first-order valence-corrected chi connectivity index (χ1v) is 4.65. The van der Waals surface area contributed by atoms with Crippen LogP contribution in [0.3, 0.4) is 0 Å². The van der Waals surface area contributed by atoms with Crippen molar-refractivity contribution in [1.82, 2.24) is 10.1 Å². The molecule has 0 radical (unpaired) electrons. The van der Waals surface area contributed by atoms with Crippen LogP contribution in [0.15, 0.2) is 35.0 Å². The van der Waals surface area contributed by atoms with Gasteiger partial charge < -0.3 is 4.52 Å². The fourth-order valence-electron chi connectivity index (χ4n) is 1.20. The van der Waals surface area contributed by atoms with Crippen molar-refractivity contribution >= 4 is 0 Å². The normalized spacial score (nSPS) is 10.8. The maximum Gasteiger partial charge on any atom is 0.139 e. The first-order valence-electron chi connectivity index (χ1n) is 4.65. The summed E-state index contributed by atoms with van der Waals surface area (Å²) in [6.07, 6.45) is 1.75. The van der Waals surface area contributed by atoms with E-state index in [9.17, 15) is 0 Å². The maximum absolute atomic E-state index is 5.19. The van der Waals surface area contributed by atoms with Gasteiger partial charge in [-0.3, -0.25) is 4.98 Å². The van der Waals surface area contributed by atoms with Crippen molar-refractivity contribution in [2.75, 3.05) is 0 Å². The summed E-state index contributed by atoms with van der Waals surface area (Å²) >= 11 is 0. The summed E-state index contributed by atoms with van der Waals surface area (Å²) in [7, 11) is 0. The molecule has 0 amide bonds. The summed E-state index contributed by atoms with van der Waals surface area (Å²) in [6, 6.07) is 7.67. The number of aromatic nitrogens is 2. The van der Waals surface area contributed by atoms with Gasteiger partial charge >= 0.3 is 0 Å². The van der Waals surface area contributed by atoms with Gasteiger partial charge in [-0.05, 0) is 12.1 Å². The molecule has 2 heterocycles. The molecule has 0 aliphatic carbocycles. The Labute approximate surface area is 82.8 Å². The van der Waals surface area contributed by atoms with Crippen LogP contribution in [-0.2, 0) is 0 Å². The number of pyridine rings is 1. The van der Waals surface area contributed by atoms with Gasteiger partial charge in [0.15, 0.2) is 0 Å². The van der Waals surface area contributed by atoms with Crippen LogP contribution in [0.2, 0.25) is 0 Å². The van der Waals surface area contributed by atoms with Crippen LogP contribution < -0.4 is 0 Å². The molecule has 2 aromatic rings. The molecular formula is C11H12N2O. The van der Waals surface area contributed by atoms with E-state index >= 15 is 0 Å². The molecular weight excluding hydrogens is 176 g/mol. The second-order valence-corrected chi connectivity index (χ2v) is 3.48. The van der Waals surface area contributed by atoms with E-state index in [4.69, 9.17) is 4.52 Å². The van der Waals surface area contributed by atoms with E-state index in [1.165, 1.54) is 0 Å². The molecule has 14 heavy (non-hydrogen) atoms. The van der Waals surface area contributed by atoms with E-state index in [0.29, 0.717) is 5.92 Å². The van der Waals surface area contributed by atoms with Gasteiger partial charge in [0, 0.05) is 18.2 Å². The lowest BCUT2D eigenvalue weighted by Gasteiger charge is -1.93. The minimum absolute atomic E-state index is 0.361. The summed E-state index contributed by atoms with van der Waals surface area (Å²) in [5, 5.41) is 3.97. The third kappa shape index (κ3) is 1.66. The molecule has 2 rings (SSSR count). The number of hydrogen-bond donors (Lipinski definition) is 0. The summed E-state index contributed by atoms with van der Waals surface area (Å²) < 4.78 is 5.19. The van der Waals surface area contributed by atoms with Crippen LogP contribution >= 0.6 is 0 Å². The molecule has 0 aliphatic heterocycles. The fraction of sp³-hybridized carbons (Fsp3) is 0.273. The molecule has 0 unspecified atom stereocenters. The Balaban J connectivity index is 2.34. The molecule has 0 N–H and O–H groups in total. The van der Waals surface area contributed by atoms with Crippen molar-refractivity contribution in [1.29, 1.82) is 0 Å². The lowest BCUT2D eigenvalue weighted by molar-refractivity contribution is 0.373. The van der Waals surface area contributed by atoms with Crippen molar-refractivity contribution in [3.05, 3.63) is 36.2 Å². The average molecular weight is 188 g/mol. The maximum atomic E-state index is 5.19. The third-order valence-corrected chi connectivity index (χ3v) is 2.02. The number of rotatable bonds is 2. The molecule has 3 heteroatoms. The van der Waals surface area contributed by atoms with Crippen LogP contribution in [0, 0.1) is 0 Å². The zero-order valence-corrected chi connectivity index (χ0v) is 8.27. The van der Waals surface area contributed by atoms with E-state index in [2.05, 4.69) is 24.0 Å². The minimum Gasteiger partial charge on any atom is -0.360 e. The van der Waals surface area contributed by atoms with Crippen LogP contribution in [-0.4, -0.2) is 10.1 Å². The zero-order valence-electron chi connectivity index (χ0n) is 8.27. The van der Waals surface area contributed by atoms with Crippen LogP contribution in [0.1, 0.15) is 25.5 Å². The quantitative estimate of drug-likeness (QED) is 0.727. The van der Waals surface area contributed by atoms with Gasteiger partial charge in [-0.2, -0.15) is 0 Å². The predicted octanol–water partition coefficient (Wildman–Crippen LogP) is 2.86. The van der Waals surface area contributed by atoms with Crippen LogP contribution in [0.5, 0.6) is 0 Å². The van der Waals surface area contributed by atoms with Crippen LogP contribution in [0.4, 0.5) is 0 Å². The molecule has 2 aromatic heterocycles. The molecule has 0 saturated carbocycles. The molecule has 0 atom stereocenters. The molecule has 0 aromatic carbocycles. The van der Waals surface area contributed by atoms with E-state index in [-0.39, 0.29) is 0 Å². The summed E-state index contributed by atoms with van der Waals surface area (Å²) in [5.41, 5.74) is 1.65. The molecule has 0 aliphatic rings. The summed E-state index contributed by atoms with van der Waals surface area (Å²) in [4.78, 5) is 4.20. The average Bonchev–Trinajstić information content (AvgIpc) is 2.68. The lowest BCUT2D eigenvalue weighted by atomic mass is 10.1. The molecule has 72 valence electrons. The Bertz CT molecular complexity index is 406. The highest BCUT2D eigenvalue weighted by atomic mass is 16.5. The van der Waals surface area contributed by atoms with Gasteiger partial charge in [0.1, 0.15) is 11.5 Å². The highest BCUT2D eigenvalue weighted by molar-refractivity contribution is 5.53. The van der Waals surface area contributed by atoms with Gasteiger partial charge in [-0.1, -0.05) is 25.1 Å². The molecule has 0 spiro atoms. The van der Waals surface area contributed by atoms with Crippen molar-refractivity contribution < 1.29 is 4.52 Å². The highest BCUT2D eigenvalue weighted by Crippen LogP contribution is 2.21. The SMILES string of the molecule is CC(C)c1cc(-c2ccccn2)no1. The number of hydrogen-bond acceptors (Lipinski definition) is 3. The Morgan fingerprint density at radius 2 is 2.07 bits per heavy atom. The van der Waals surface area contributed by atoms with Gasteiger partial charge in [0.05, 0.1) is 5.69 Å². The highest BCUT2D eigenvalue weighted by Gasteiger charge is 2.09. The number of nitrogens with zero attached hydrogens (tertiary/aromatic N) is 2. The van der Waals surface area contributed by atoms with Gasteiger partial charge in [0.2, 0.25) is 0 Å². The van der Waals surface area contributed by atoms with Crippen molar-refractivity contribution in [3.8, 4) is 11.4 Å². The van der Waals surface area contributed by atoms with Crippen molar-refractivity contribution in [2.24, 2.45) is 0 Å². The Morgan fingerprint density at radius 3 is 2.64 bits per heavy atom. The fourth-order valence-corrected chi connectivity index (χ4v) is 1.20. The van der Waals surface area contributed by atoms with Gasteiger partial charge in [-0.25, -0.2) is 0 Å². The van der Waals surface area contributed by atoms with Crippen molar-refractivity contribution in [3.63, 3.8) is 0 Å². The van der Waals surface area contributed by atoms with E-state index in [1.54, 1.807) is 6.20 Å². The second-order valence-electron chi connectivity index (χ2n) is 3.48. The Kier molecular flexibility index (Phi) is 2.31. The monoisotopic (exact) mass is 188 g/mol. The lowest BCUT2D eigenvalue weighted by Crippen LogP contribution is -1.81.